The summed E-state index contributed by atoms with van der Waals surface area (Å²) in [5, 5.41) is 3.46. The summed E-state index contributed by atoms with van der Waals surface area (Å²) in [6.45, 7) is 6.83. The Bertz CT molecular complexity index is 588. The van der Waals surface area contributed by atoms with Crippen LogP contribution in [0.5, 0.6) is 0 Å². The van der Waals surface area contributed by atoms with Gasteiger partial charge in [-0.3, -0.25) is 0 Å². The number of rotatable bonds is 3. The number of anilines is 2. The van der Waals surface area contributed by atoms with Gasteiger partial charge in [-0.25, -0.2) is 4.98 Å². The molecule has 0 bridgehead atoms. The summed E-state index contributed by atoms with van der Waals surface area (Å²) >= 11 is 0. The minimum Gasteiger partial charge on any atom is -0.326 e. The Hall–Kier alpha value is -1.77. The Morgan fingerprint density at radius 2 is 1.81 bits per heavy atom. The fourth-order valence-corrected chi connectivity index (χ4v) is 3.20. The fraction of sp³-hybridized carbons (Fsp3) is 0.500. The lowest BCUT2D eigenvalue weighted by atomic mass is 9.75. The number of hydrogen-bond donors (Lipinski definition) is 1. The molecule has 2 aromatic rings. The van der Waals surface area contributed by atoms with Gasteiger partial charge in [0.2, 0.25) is 5.95 Å². The van der Waals surface area contributed by atoms with Crippen molar-refractivity contribution in [1.82, 2.24) is 9.55 Å². The molecule has 1 aromatic heterocycles. The van der Waals surface area contributed by atoms with Gasteiger partial charge in [0.05, 0.1) is 5.69 Å². The molecule has 1 aromatic carbocycles. The molecule has 1 fully saturated rings. The van der Waals surface area contributed by atoms with E-state index in [2.05, 4.69) is 54.0 Å². The molecule has 0 radical (unpaired) electrons. The molecule has 1 saturated carbocycles. The van der Waals surface area contributed by atoms with Crippen molar-refractivity contribution in [3.8, 4) is 0 Å². The van der Waals surface area contributed by atoms with Crippen LogP contribution in [0.25, 0.3) is 0 Å². The lowest BCUT2D eigenvalue weighted by Crippen LogP contribution is -2.23. The topological polar surface area (TPSA) is 29.9 Å². The van der Waals surface area contributed by atoms with Crippen molar-refractivity contribution in [3.05, 3.63) is 42.2 Å². The monoisotopic (exact) mass is 283 g/mol. The normalized spacial score (nSPS) is 18.6. The van der Waals surface area contributed by atoms with Gasteiger partial charge in [-0.15, -0.1) is 0 Å². The molecule has 1 aliphatic rings. The summed E-state index contributed by atoms with van der Waals surface area (Å²) in [4.78, 5) is 4.67. The van der Waals surface area contributed by atoms with Crippen LogP contribution in [-0.2, 0) is 0 Å². The average molecular weight is 283 g/mol. The molecular weight excluding hydrogens is 258 g/mol. The van der Waals surface area contributed by atoms with E-state index < -0.39 is 0 Å². The quantitative estimate of drug-likeness (QED) is 0.851. The molecule has 0 unspecified atom stereocenters. The van der Waals surface area contributed by atoms with Crippen LogP contribution in [-0.4, -0.2) is 9.55 Å². The molecule has 0 aliphatic heterocycles. The molecule has 3 heteroatoms. The number of benzene rings is 1. The summed E-state index contributed by atoms with van der Waals surface area (Å²) in [5.41, 5.74) is 2.68. The third-order valence-electron chi connectivity index (χ3n) is 4.58. The Kier molecular flexibility index (Phi) is 3.75. The molecular formula is C18H25N3. The van der Waals surface area contributed by atoms with E-state index in [4.69, 9.17) is 0 Å². The highest BCUT2D eigenvalue weighted by atomic mass is 15.2. The molecule has 1 heterocycles. The highest BCUT2D eigenvalue weighted by Gasteiger charge is 2.28. The van der Waals surface area contributed by atoms with Crippen LogP contribution in [0, 0.1) is 12.3 Å². The van der Waals surface area contributed by atoms with Gasteiger partial charge in [-0.1, -0.05) is 32.0 Å². The number of aryl methyl sites for hydroxylation is 1. The van der Waals surface area contributed by atoms with E-state index in [0.29, 0.717) is 11.5 Å². The first-order chi connectivity index (χ1) is 10.0. The van der Waals surface area contributed by atoms with Gasteiger partial charge in [0.25, 0.3) is 0 Å². The molecule has 3 rings (SSSR count). The van der Waals surface area contributed by atoms with Gasteiger partial charge in [-0.05, 0) is 50.2 Å². The summed E-state index contributed by atoms with van der Waals surface area (Å²) in [6, 6.07) is 10.9. The van der Waals surface area contributed by atoms with Gasteiger partial charge >= 0.3 is 0 Å². The summed E-state index contributed by atoms with van der Waals surface area (Å²) in [6.07, 6.45) is 7.26. The van der Waals surface area contributed by atoms with Crippen LogP contribution in [0.3, 0.4) is 0 Å². The molecule has 0 amide bonds. The predicted octanol–water partition coefficient (Wildman–Crippen LogP) is 5.08. The van der Waals surface area contributed by atoms with E-state index in [-0.39, 0.29) is 0 Å². The third-order valence-corrected chi connectivity index (χ3v) is 4.58. The number of para-hydroxylation sites is 1. The number of aromatic nitrogens is 2. The van der Waals surface area contributed by atoms with Crippen molar-refractivity contribution in [2.24, 2.45) is 5.41 Å². The molecule has 0 atom stereocenters. The zero-order chi connectivity index (χ0) is 14.9. The van der Waals surface area contributed by atoms with Crippen LogP contribution in [0.2, 0.25) is 0 Å². The van der Waals surface area contributed by atoms with Crippen molar-refractivity contribution >= 4 is 11.6 Å². The Labute approximate surface area is 127 Å². The van der Waals surface area contributed by atoms with E-state index in [9.17, 15) is 0 Å². The third kappa shape index (κ3) is 3.29. The van der Waals surface area contributed by atoms with Gasteiger partial charge in [0.1, 0.15) is 0 Å². The highest BCUT2D eigenvalue weighted by molar-refractivity contribution is 5.53. The minimum atomic E-state index is 0.499. The molecule has 21 heavy (non-hydrogen) atoms. The van der Waals surface area contributed by atoms with Crippen molar-refractivity contribution in [2.75, 3.05) is 5.32 Å². The van der Waals surface area contributed by atoms with Crippen LogP contribution in [0.4, 0.5) is 11.6 Å². The van der Waals surface area contributed by atoms with Gasteiger partial charge in [0, 0.05) is 17.9 Å². The van der Waals surface area contributed by atoms with E-state index in [1.54, 1.807) is 0 Å². The first-order valence-electron chi connectivity index (χ1n) is 7.91. The summed E-state index contributed by atoms with van der Waals surface area (Å²) in [7, 11) is 0. The van der Waals surface area contributed by atoms with E-state index in [0.717, 1.165) is 17.3 Å². The largest absolute Gasteiger partial charge is 0.326 e. The van der Waals surface area contributed by atoms with Crippen LogP contribution in [0.1, 0.15) is 51.3 Å². The van der Waals surface area contributed by atoms with Crippen LogP contribution in [0.15, 0.2) is 36.5 Å². The van der Waals surface area contributed by atoms with Gasteiger partial charge in [-0.2, -0.15) is 0 Å². The molecule has 0 spiro atoms. The van der Waals surface area contributed by atoms with E-state index in [1.807, 2.05) is 18.2 Å². The van der Waals surface area contributed by atoms with Crippen molar-refractivity contribution in [3.63, 3.8) is 0 Å². The Balaban J connectivity index is 1.80. The molecule has 1 N–H and O–H groups in total. The first-order valence-corrected chi connectivity index (χ1v) is 7.91. The second kappa shape index (κ2) is 5.55. The predicted molar refractivity (Wildman–Crippen MR) is 88.0 cm³/mol. The second-order valence-corrected chi connectivity index (χ2v) is 7.00. The maximum absolute atomic E-state index is 4.67. The highest BCUT2D eigenvalue weighted by Crippen LogP contribution is 2.41. The minimum absolute atomic E-state index is 0.499. The molecule has 3 nitrogen and oxygen atoms in total. The van der Waals surface area contributed by atoms with Crippen molar-refractivity contribution in [1.29, 1.82) is 0 Å². The lowest BCUT2D eigenvalue weighted by molar-refractivity contribution is 0.194. The lowest BCUT2D eigenvalue weighted by Gasteiger charge is -2.35. The van der Waals surface area contributed by atoms with Gasteiger partial charge in [0.15, 0.2) is 0 Å². The SMILES string of the molecule is Cc1cn(C2CCC(C)(C)CC2)c(Nc2ccccc2)n1. The van der Waals surface area contributed by atoms with Crippen molar-refractivity contribution < 1.29 is 0 Å². The van der Waals surface area contributed by atoms with Crippen LogP contribution >= 0.6 is 0 Å². The molecule has 0 saturated heterocycles. The molecule has 1 aliphatic carbocycles. The Morgan fingerprint density at radius 1 is 1.14 bits per heavy atom. The zero-order valence-electron chi connectivity index (χ0n) is 13.3. The van der Waals surface area contributed by atoms with Crippen LogP contribution < -0.4 is 5.32 Å². The summed E-state index contributed by atoms with van der Waals surface area (Å²) < 4.78 is 2.34. The fourth-order valence-electron chi connectivity index (χ4n) is 3.20. The molecule has 112 valence electrons. The maximum Gasteiger partial charge on any atom is 0.207 e. The Morgan fingerprint density at radius 3 is 2.48 bits per heavy atom. The standard InChI is InChI=1S/C18H25N3/c1-14-13-21(16-9-11-18(2,3)12-10-16)17(19-14)20-15-7-5-4-6-8-15/h4-8,13,16H,9-12H2,1-3H3,(H,19,20). The maximum atomic E-state index is 4.67. The zero-order valence-corrected chi connectivity index (χ0v) is 13.3. The smallest absolute Gasteiger partial charge is 0.207 e. The second-order valence-electron chi connectivity index (χ2n) is 7.00. The summed E-state index contributed by atoms with van der Waals surface area (Å²) in [5.74, 6) is 0.975. The average Bonchev–Trinajstić information content (AvgIpc) is 2.81. The number of hydrogen-bond acceptors (Lipinski definition) is 2. The van der Waals surface area contributed by atoms with E-state index >= 15 is 0 Å². The number of nitrogens with zero attached hydrogens (tertiary/aromatic N) is 2. The number of nitrogens with one attached hydrogen (secondary N) is 1. The van der Waals surface area contributed by atoms with Crippen molar-refractivity contribution in [2.45, 2.75) is 52.5 Å². The van der Waals surface area contributed by atoms with E-state index in [1.165, 1.54) is 25.7 Å². The first kappa shape index (κ1) is 14.2. The number of imidazole rings is 1. The van der Waals surface area contributed by atoms with Gasteiger partial charge < -0.3 is 9.88 Å².